The fourth-order valence-electron chi connectivity index (χ4n) is 3.81. The Morgan fingerprint density at radius 2 is 2.26 bits per heavy atom. The Kier molecular flexibility index (Phi) is 5.27. The van der Waals surface area contributed by atoms with E-state index >= 15 is 0 Å². The summed E-state index contributed by atoms with van der Waals surface area (Å²) in [5.41, 5.74) is 0.790. The molecule has 27 heavy (non-hydrogen) atoms. The summed E-state index contributed by atoms with van der Waals surface area (Å²) >= 11 is 1.37. The molecule has 0 amide bonds. The van der Waals surface area contributed by atoms with Crippen LogP contribution in [0.2, 0.25) is 0 Å². The van der Waals surface area contributed by atoms with Gasteiger partial charge in [0.25, 0.3) is 0 Å². The summed E-state index contributed by atoms with van der Waals surface area (Å²) < 4.78 is 16.6. The van der Waals surface area contributed by atoms with Crippen molar-refractivity contribution in [2.24, 2.45) is 0 Å². The van der Waals surface area contributed by atoms with Crippen molar-refractivity contribution < 1.29 is 23.9 Å². The fourth-order valence-corrected chi connectivity index (χ4v) is 5.06. The molecule has 0 atom stereocenters. The van der Waals surface area contributed by atoms with E-state index in [0.29, 0.717) is 42.8 Å². The zero-order chi connectivity index (χ0) is 18.9. The molecule has 1 spiro atoms. The maximum Gasteiger partial charge on any atom is 0.345 e. The van der Waals surface area contributed by atoms with Gasteiger partial charge < -0.3 is 19.1 Å². The Bertz CT molecular complexity index is 810. The predicted molar refractivity (Wildman–Crippen MR) is 97.0 cm³/mol. The second-order valence-electron chi connectivity index (χ2n) is 6.99. The maximum absolute atomic E-state index is 11.3. The molecule has 2 aliphatic heterocycles. The smallest absolute Gasteiger partial charge is 0.345 e. The molecule has 9 heteroatoms. The molecule has 8 nitrogen and oxygen atoms in total. The SMILES string of the molecule is COCCc1noc(CN2CCC3(CC2)OCCc2cc(C(=O)O)sc23)n1. The monoisotopic (exact) mass is 393 g/mol. The van der Waals surface area contributed by atoms with Crippen LogP contribution in [-0.2, 0) is 34.5 Å². The molecule has 2 aromatic heterocycles. The molecule has 0 bridgehead atoms. The summed E-state index contributed by atoms with van der Waals surface area (Å²) in [4.78, 5) is 19.5. The van der Waals surface area contributed by atoms with Crippen molar-refractivity contribution in [3.8, 4) is 0 Å². The fraction of sp³-hybridized carbons (Fsp3) is 0.611. The third kappa shape index (κ3) is 3.77. The average Bonchev–Trinajstić information content (AvgIpc) is 3.30. The largest absolute Gasteiger partial charge is 0.477 e. The summed E-state index contributed by atoms with van der Waals surface area (Å²) in [6.07, 6.45) is 3.11. The van der Waals surface area contributed by atoms with Crippen LogP contribution >= 0.6 is 11.3 Å². The molecule has 0 aromatic carbocycles. The highest BCUT2D eigenvalue weighted by Crippen LogP contribution is 2.45. The molecule has 0 radical (unpaired) electrons. The van der Waals surface area contributed by atoms with Crippen LogP contribution in [0, 0.1) is 0 Å². The first kappa shape index (κ1) is 18.5. The van der Waals surface area contributed by atoms with E-state index in [0.717, 1.165) is 42.8 Å². The number of likely N-dealkylation sites (tertiary alicyclic amines) is 1. The molecule has 0 saturated carbocycles. The number of ether oxygens (including phenoxy) is 2. The Hall–Kier alpha value is -1.81. The number of thiophene rings is 1. The summed E-state index contributed by atoms with van der Waals surface area (Å²) in [7, 11) is 1.65. The molecule has 0 unspecified atom stereocenters. The van der Waals surface area contributed by atoms with Crippen LogP contribution in [0.5, 0.6) is 0 Å². The molecule has 4 heterocycles. The van der Waals surface area contributed by atoms with E-state index in [1.54, 1.807) is 7.11 Å². The molecule has 0 aliphatic carbocycles. The predicted octanol–water partition coefficient (Wildman–Crippen LogP) is 2.08. The Morgan fingerprint density at radius 1 is 1.44 bits per heavy atom. The van der Waals surface area contributed by atoms with Gasteiger partial charge >= 0.3 is 5.97 Å². The quantitative estimate of drug-likeness (QED) is 0.797. The molecule has 2 aromatic rings. The summed E-state index contributed by atoms with van der Waals surface area (Å²) in [6, 6.07) is 1.82. The van der Waals surface area contributed by atoms with Crippen molar-refractivity contribution >= 4 is 17.3 Å². The van der Waals surface area contributed by atoms with Crippen LogP contribution < -0.4 is 0 Å². The van der Waals surface area contributed by atoms with Gasteiger partial charge in [0.15, 0.2) is 5.82 Å². The number of piperidine rings is 1. The average molecular weight is 393 g/mol. The van der Waals surface area contributed by atoms with E-state index in [4.69, 9.17) is 14.0 Å². The lowest BCUT2D eigenvalue weighted by atomic mass is 9.85. The number of carboxylic acids is 1. The van der Waals surface area contributed by atoms with E-state index < -0.39 is 5.97 Å². The molecular formula is C18H23N3O5S. The van der Waals surface area contributed by atoms with Crippen molar-refractivity contribution in [3.63, 3.8) is 0 Å². The van der Waals surface area contributed by atoms with Crippen molar-refractivity contribution in [1.29, 1.82) is 0 Å². The van der Waals surface area contributed by atoms with Crippen molar-refractivity contribution in [2.75, 3.05) is 33.4 Å². The van der Waals surface area contributed by atoms with Crippen LogP contribution in [0.3, 0.4) is 0 Å². The minimum Gasteiger partial charge on any atom is -0.477 e. The lowest BCUT2D eigenvalue weighted by molar-refractivity contribution is -0.0968. The first-order valence-electron chi connectivity index (χ1n) is 9.13. The van der Waals surface area contributed by atoms with Gasteiger partial charge in [0.05, 0.1) is 19.8 Å². The Labute approximate surface area is 161 Å². The summed E-state index contributed by atoms with van der Waals surface area (Å²) in [5, 5.41) is 13.3. The van der Waals surface area contributed by atoms with Crippen molar-refractivity contribution in [2.45, 2.75) is 37.8 Å². The number of fused-ring (bicyclic) bond motifs is 2. The second-order valence-corrected chi connectivity index (χ2v) is 8.04. The maximum atomic E-state index is 11.3. The molecule has 1 N–H and O–H groups in total. The standard InChI is InChI=1S/C18H23N3O5S/c1-24-8-3-14-19-15(26-20-14)11-21-6-4-18(5-7-21)16-12(2-9-25-18)10-13(27-16)17(22)23/h10H,2-9,11H2,1H3,(H,22,23). The van der Waals surface area contributed by atoms with Crippen LogP contribution in [0.4, 0.5) is 0 Å². The summed E-state index contributed by atoms with van der Waals surface area (Å²) in [5.74, 6) is 0.426. The van der Waals surface area contributed by atoms with Crippen molar-refractivity contribution in [1.82, 2.24) is 15.0 Å². The van der Waals surface area contributed by atoms with Gasteiger partial charge in [0, 0.05) is 31.5 Å². The minimum atomic E-state index is -0.859. The first-order chi connectivity index (χ1) is 13.1. The lowest BCUT2D eigenvalue weighted by Crippen LogP contribution is -2.45. The third-order valence-corrected chi connectivity index (χ3v) is 6.60. The number of hydrogen-bond acceptors (Lipinski definition) is 8. The molecule has 4 rings (SSSR count). The van der Waals surface area contributed by atoms with Gasteiger partial charge in [0.1, 0.15) is 10.5 Å². The van der Waals surface area contributed by atoms with Gasteiger partial charge in [-0.1, -0.05) is 5.16 Å². The number of aromatic nitrogens is 2. The highest BCUT2D eigenvalue weighted by atomic mass is 32.1. The van der Waals surface area contributed by atoms with E-state index in [-0.39, 0.29) is 5.60 Å². The highest BCUT2D eigenvalue weighted by Gasteiger charge is 2.42. The zero-order valence-electron chi connectivity index (χ0n) is 15.3. The van der Waals surface area contributed by atoms with E-state index in [9.17, 15) is 9.90 Å². The van der Waals surface area contributed by atoms with Crippen LogP contribution in [0.25, 0.3) is 0 Å². The van der Waals surface area contributed by atoms with E-state index in [1.807, 2.05) is 6.07 Å². The molecule has 146 valence electrons. The number of rotatable bonds is 6. The molecular weight excluding hydrogens is 370 g/mol. The minimum absolute atomic E-state index is 0.346. The van der Waals surface area contributed by atoms with E-state index in [2.05, 4.69) is 15.0 Å². The number of hydrogen-bond donors (Lipinski definition) is 1. The highest BCUT2D eigenvalue weighted by molar-refractivity contribution is 7.14. The van der Waals surface area contributed by atoms with Crippen LogP contribution in [0.1, 0.15) is 44.7 Å². The van der Waals surface area contributed by atoms with Gasteiger partial charge in [0.2, 0.25) is 5.89 Å². The van der Waals surface area contributed by atoms with E-state index in [1.165, 1.54) is 11.3 Å². The Balaban J connectivity index is 1.41. The van der Waals surface area contributed by atoms with Gasteiger partial charge in [-0.05, 0) is 30.9 Å². The topological polar surface area (TPSA) is 97.9 Å². The van der Waals surface area contributed by atoms with Gasteiger partial charge in [-0.3, -0.25) is 4.90 Å². The number of nitrogens with zero attached hydrogens (tertiary/aromatic N) is 3. The van der Waals surface area contributed by atoms with Gasteiger partial charge in [-0.2, -0.15) is 4.98 Å². The summed E-state index contributed by atoms with van der Waals surface area (Å²) in [6.45, 7) is 3.53. The number of aromatic carboxylic acids is 1. The lowest BCUT2D eigenvalue weighted by Gasteiger charge is -2.43. The van der Waals surface area contributed by atoms with Gasteiger partial charge in [-0.15, -0.1) is 11.3 Å². The zero-order valence-corrected chi connectivity index (χ0v) is 16.1. The van der Waals surface area contributed by atoms with Crippen LogP contribution in [0.15, 0.2) is 10.6 Å². The molecule has 1 fully saturated rings. The van der Waals surface area contributed by atoms with Crippen LogP contribution in [-0.4, -0.2) is 59.5 Å². The number of carbonyl (C=O) groups is 1. The third-order valence-electron chi connectivity index (χ3n) is 5.25. The first-order valence-corrected chi connectivity index (χ1v) is 9.94. The normalized spacial score (nSPS) is 19.3. The second kappa shape index (κ2) is 7.67. The number of carboxylic acid groups (broad SMARTS) is 1. The Morgan fingerprint density at radius 3 is 3.00 bits per heavy atom. The number of methoxy groups -OCH3 is 1. The molecule has 1 saturated heterocycles. The van der Waals surface area contributed by atoms with Crippen molar-refractivity contribution in [3.05, 3.63) is 33.1 Å². The van der Waals surface area contributed by atoms with Gasteiger partial charge in [-0.25, -0.2) is 4.79 Å². The molecule has 2 aliphatic rings.